The number of benzene rings is 1. The molecule has 0 aliphatic heterocycles. The average molecular weight is 256 g/mol. The van der Waals surface area contributed by atoms with E-state index in [-0.39, 0.29) is 0 Å². The van der Waals surface area contributed by atoms with E-state index < -0.39 is 0 Å². The van der Waals surface area contributed by atoms with Crippen LogP contribution < -0.4 is 4.74 Å². The van der Waals surface area contributed by atoms with Crippen molar-refractivity contribution in [2.24, 2.45) is 0 Å². The fourth-order valence-electron chi connectivity index (χ4n) is 1.53. The Morgan fingerprint density at radius 3 is 2.89 bits per heavy atom. The summed E-state index contributed by atoms with van der Waals surface area (Å²) in [7, 11) is 1.66. The summed E-state index contributed by atoms with van der Waals surface area (Å²) in [6, 6.07) is 9.74. The predicted molar refractivity (Wildman–Crippen MR) is 74.8 cm³/mol. The molecule has 1 aromatic heterocycles. The first-order chi connectivity index (χ1) is 9.38. The third kappa shape index (κ3) is 4.52. The van der Waals surface area contributed by atoms with Crippen LogP contribution in [0.25, 0.3) is 12.2 Å². The maximum Gasteiger partial charge on any atom is 0.120 e. The van der Waals surface area contributed by atoms with Crippen molar-refractivity contribution in [2.45, 2.75) is 0 Å². The maximum absolute atomic E-state index is 5.55. The molecule has 0 N–H and O–H groups in total. The molecule has 0 aliphatic rings. The van der Waals surface area contributed by atoms with Gasteiger partial charge in [0.15, 0.2) is 0 Å². The van der Waals surface area contributed by atoms with E-state index in [0.717, 1.165) is 17.0 Å². The topological polar surface area (TPSA) is 44.2 Å². The SMILES string of the molecule is COCCOc1cccc(C=Cc2ccncn2)c1. The molecule has 2 aromatic rings. The minimum Gasteiger partial charge on any atom is -0.491 e. The Morgan fingerprint density at radius 2 is 2.11 bits per heavy atom. The minimum atomic E-state index is 0.551. The number of nitrogens with zero attached hydrogens (tertiary/aromatic N) is 2. The molecule has 0 atom stereocenters. The van der Waals surface area contributed by atoms with Crippen LogP contribution in [0.5, 0.6) is 5.75 Å². The van der Waals surface area contributed by atoms with Crippen LogP contribution in [0, 0.1) is 0 Å². The van der Waals surface area contributed by atoms with E-state index in [2.05, 4.69) is 9.97 Å². The van der Waals surface area contributed by atoms with Crippen LogP contribution in [-0.4, -0.2) is 30.3 Å². The first kappa shape index (κ1) is 13.2. The molecule has 0 amide bonds. The smallest absolute Gasteiger partial charge is 0.120 e. The monoisotopic (exact) mass is 256 g/mol. The van der Waals surface area contributed by atoms with Gasteiger partial charge in [-0.2, -0.15) is 0 Å². The summed E-state index contributed by atoms with van der Waals surface area (Å²) in [5.41, 5.74) is 1.94. The van der Waals surface area contributed by atoms with Crippen LogP contribution >= 0.6 is 0 Å². The van der Waals surface area contributed by atoms with E-state index in [1.54, 1.807) is 13.3 Å². The molecular formula is C15H16N2O2. The van der Waals surface area contributed by atoms with Crippen molar-refractivity contribution in [3.63, 3.8) is 0 Å². The molecule has 4 nitrogen and oxygen atoms in total. The van der Waals surface area contributed by atoms with Crippen molar-refractivity contribution < 1.29 is 9.47 Å². The highest BCUT2D eigenvalue weighted by molar-refractivity contribution is 5.68. The zero-order chi connectivity index (χ0) is 13.3. The second-order valence-electron chi connectivity index (χ2n) is 3.88. The third-order valence-corrected chi connectivity index (χ3v) is 2.47. The largest absolute Gasteiger partial charge is 0.491 e. The lowest BCUT2D eigenvalue weighted by molar-refractivity contribution is 0.146. The Bertz CT molecular complexity index is 527. The van der Waals surface area contributed by atoms with Crippen molar-refractivity contribution in [1.82, 2.24) is 9.97 Å². The van der Waals surface area contributed by atoms with Gasteiger partial charge in [-0.25, -0.2) is 9.97 Å². The van der Waals surface area contributed by atoms with Gasteiger partial charge < -0.3 is 9.47 Å². The molecule has 1 heterocycles. The minimum absolute atomic E-state index is 0.551. The molecule has 2 rings (SSSR count). The lowest BCUT2D eigenvalue weighted by atomic mass is 10.2. The molecule has 0 radical (unpaired) electrons. The molecular weight excluding hydrogens is 240 g/mol. The van der Waals surface area contributed by atoms with Gasteiger partial charge in [-0.15, -0.1) is 0 Å². The number of hydrogen-bond acceptors (Lipinski definition) is 4. The molecule has 0 unspecified atom stereocenters. The zero-order valence-corrected chi connectivity index (χ0v) is 10.8. The third-order valence-electron chi connectivity index (χ3n) is 2.47. The van der Waals surface area contributed by atoms with Gasteiger partial charge in [0, 0.05) is 13.3 Å². The molecule has 0 bridgehead atoms. The number of ether oxygens (including phenoxy) is 2. The Kier molecular flexibility index (Phi) is 5.07. The highest BCUT2D eigenvalue weighted by Crippen LogP contribution is 2.15. The second-order valence-corrected chi connectivity index (χ2v) is 3.88. The van der Waals surface area contributed by atoms with E-state index >= 15 is 0 Å². The van der Waals surface area contributed by atoms with E-state index in [0.29, 0.717) is 13.2 Å². The van der Waals surface area contributed by atoms with Crippen LogP contribution in [-0.2, 0) is 4.74 Å². The van der Waals surface area contributed by atoms with Crippen LogP contribution in [0.15, 0.2) is 42.9 Å². The Balaban J connectivity index is 2.00. The highest BCUT2D eigenvalue weighted by Gasteiger charge is 1.95. The molecule has 0 aliphatic carbocycles. The summed E-state index contributed by atoms with van der Waals surface area (Å²) in [5.74, 6) is 0.835. The Hall–Kier alpha value is -2.20. The quantitative estimate of drug-likeness (QED) is 0.745. The summed E-state index contributed by atoms with van der Waals surface area (Å²) >= 11 is 0. The summed E-state index contributed by atoms with van der Waals surface area (Å²) in [6.45, 7) is 1.14. The number of hydrogen-bond donors (Lipinski definition) is 0. The van der Waals surface area contributed by atoms with Gasteiger partial charge in [-0.1, -0.05) is 18.2 Å². The molecule has 0 spiro atoms. The number of rotatable bonds is 6. The van der Waals surface area contributed by atoms with Gasteiger partial charge >= 0.3 is 0 Å². The van der Waals surface area contributed by atoms with Gasteiger partial charge in [0.05, 0.1) is 12.3 Å². The Labute approximate surface area is 112 Å². The average Bonchev–Trinajstić information content (AvgIpc) is 2.47. The fourth-order valence-corrected chi connectivity index (χ4v) is 1.53. The summed E-state index contributed by atoms with van der Waals surface area (Å²) in [6.07, 6.45) is 7.18. The molecule has 1 aromatic carbocycles. The van der Waals surface area contributed by atoms with E-state index in [1.165, 1.54) is 6.33 Å². The maximum atomic E-state index is 5.55. The van der Waals surface area contributed by atoms with Gasteiger partial charge in [-0.05, 0) is 29.8 Å². The molecule has 0 fully saturated rings. The summed E-state index contributed by atoms with van der Waals surface area (Å²) in [4.78, 5) is 8.01. The van der Waals surface area contributed by atoms with E-state index in [1.807, 2.05) is 42.5 Å². The van der Waals surface area contributed by atoms with Crippen LogP contribution in [0.2, 0.25) is 0 Å². The first-order valence-electron chi connectivity index (χ1n) is 6.04. The van der Waals surface area contributed by atoms with Crippen LogP contribution in [0.1, 0.15) is 11.3 Å². The summed E-state index contributed by atoms with van der Waals surface area (Å²) < 4.78 is 10.5. The normalized spacial score (nSPS) is 10.8. The number of methoxy groups -OCH3 is 1. The van der Waals surface area contributed by atoms with Gasteiger partial charge in [-0.3, -0.25) is 0 Å². The van der Waals surface area contributed by atoms with E-state index in [4.69, 9.17) is 9.47 Å². The highest BCUT2D eigenvalue weighted by atomic mass is 16.5. The Morgan fingerprint density at radius 1 is 1.16 bits per heavy atom. The van der Waals surface area contributed by atoms with Crippen molar-refractivity contribution in [3.8, 4) is 5.75 Å². The molecule has 0 saturated carbocycles. The summed E-state index contributed by atoms with van der Waals surface area (Å²) in [5, 5.41) is 0. The zero-order valence-electron chi connectivity index (χ0n) is 10.8. The fraction of sp³-hybridized carbons (Fsp3) is 0.200. The molecule has 98 valence electrons. The van der Waals surface area contributed by atoms with Crippen LogP contribution in [0.3, 0.4) is 0 Å². The number of aromatic nitrogens is 2. The van der Waals surface area contributed by atoms with Crippen molar-refractivity contribution in [2.75, 3.05) is 20.3 Å². The predicted octanol–water partition coefficient (Wildman–Crippen LogP) is 2.67. The van der Waals surface area contributed by atoms with Gasteiger partial charge in [0.2, 0.25) is 0 Å². The van der Waals surface area contributed by atoms with Crippen molar-refractivity contribution in [1.29, 1.82) is 0 Å². The molecule has 4 heteroatoms. The van der Waals surface area contributed by atoms with Crippen molar-refractivity contribution >= 4 is 12.2 Å². The molecule has 19 heavy (non-hydrogen) atoms. The molecule has 0 saturated heterocycles. The second kappa shape index (κ2) is 7.28. The van der Waals surface area contributed by atoms with E-state index in [9.17, 15) is 0 Å². The van der Waals surface area contributed by atoms with Gasteiger partial charge in [0.1, 0.15) is 18.7 Å². The van der Waals surface area contributed by atoms with Gasteiger partial charge in [0.25, 0.3) is 0 Å². The van der Waals surface area contributed by atoms with Crippen molar-refractivity contribution in [3.05, 3.63) is 54.1 Å². The van der Waals surface area contributed by atoms with Crippen LogP contribution in [0.4, 0.5) is 0 Å². The first-order valence-corrected chi connectivity index (χ1v) is 6.04. The lowest BCUT2D eigenvalue weighted by Gasteiger charge is -2.05. The lowest BCUT2D eigenvalue weighted by Crippen LogP contribution is -2.04. The standard InChI is InChI=1S/C15H16N2O2/c1-18-9-10-19-15-4-2-3-13(11-15)5-6-14-7-8-16-12-17-14/h2-8,11-12H,9-10H2,1H3.